The van der Waals surface area contributed by atoms with Gasteiger partial charge in [0, 0.05) is 45.3 Å². The van der Waals surface area contributed by atoms with E-state index in [1.54, 1.807) is 12.1 Å². The molecule has 25 heavy (non-hydrogen) atoms. The van der Waals surface area contributed by atoms with Crippen molar-refractivity contribution >= 4 is 5.91 Å². The zero-order valence-electron chi connectivity index (χ0n) is 14.6. The number of rotatable bonds is 3. The van der Waals surface area contributed by atoms with Gasteiger partial charge < -0.3 is 9.64 Å². The maximum Gasteiger partial charge on any atom is 0.236 e. The summed E-state index contributed by atoms with van der Waals surface area (Å²) in [5, 5.41) is 0. The monoisotopic (exact) mass is 347 g/mol. The number of fused-ring (bicyclic) bond motifs is 1. The van der Waals surface area contributed by atoms with Crippen molar-refractivity contribution in [3.05, 3.63) is 35.1 Å². The predicted molar refractivity (Wildman–Crippen MR) is 92.9 cm³/mol. The smallest absolute Gasteiger partial charge is 0.236 e. The standard InChI is InChI=1S/C19H26FN3O2/c20-16-3-1-15-2-4-18(17(15)13-16)22-5-7-23(8-6-22)19(24)14-21-9-11-25-12-10-21/h1,3,13,18H,2,4-12,14H2/t18-/m0/s1. The molecule has 5 nitrogen and oxygen atoms in total. The SMILES string of the molecule is O=C(CN1CCOCC1)N1CCN([C@H]2CCc3ccc(F)cc32)CC1. The number of piperazine rings is 1. The molecule has 1 amide bonds. The van der Waals surface area contributed by atoms with Gasteiger partial charge in [0.25, 0.3) is 0 Å². The first kappa shape index (κ1) is 16.9. The Bertz CT molecular complexity index is 625. The van der Waals surface area contributed by atoms with Gasteiger partial charge in [0.15, 0.2) is 0 Å². The largest absolute Gasteiger partial charge is 0.379 e. The van der Waals surface area contributed by atoms with Crippen molar-refractivity contribution in [1.29, 1.82) is 0 Å². The van der Waals surface area contributed by atoms with Gasteiger partial charge in [-0.25, -0.2) is 4.39 Å². The fraction of sp³-hybridized carbons (Fsp3) is 0.632. The number of carbonyl (C=O) groups is 1. The molecule has 0 radical (unpaired) electrons. The normalized spacial score (nSPS) is 25.2. The molecule has 4 rings (SSSR count). The molecule has 2 saturated heterocycles. The van der Waals surface area contributed by atoms with Gasteiger partial charge in [0.2, 0.25) is 5.91 Å². The molecule has 3 aliphatic rings. The number of morpholine rings is 1. The third-order valence-corrected chi connectivity index (χ3v) is 5.72. The fourth-order valence-electron chi connectivity index (χ4n) is 4.26. The number of hydrogen-bond acceptors (Lipinski definition) is 4. The summed E-state index contributed by atoms with van der Waals surface area (Å²) in [4.78, 5) is 19.1. The van der Waals surface area contributed by atoms with Crippen LogP contribution in [0.3, 0.4) is 0 Å². The van der Waals surface area contributed by atoms with E-state index in [2.05, 4.69) is 9.80 Å². The van der Waals surface area contributed by atoms with Crippen molar-refractivity contribution in [3.63, 3.8) is 0 Å². The molecule has 0 saturated carbocycles. The van der Waals surface area contributed by atoms with Gasteiger partial charge in [0.05, 0.1) is 19.8 Å². The number of ether oxygens (including phenoxy) is 1. The molecule has 1 aromatic rings. The molecular weight excluding hydrogens is 321 g/mol. The summed E-state index contributed by atoms with van der Waals surface area (Å²) >= 11 is 0. The highest BCUT2D eigenvalue weighted by molar-refractivity contribution is 5.78. The maximum atomic E-state index is 13.6. The van der Waals surface area contributed by atoms with E-state index < -0.39 is 0 Å². The van der Waals surface area contributed by atoms with Crippen LogP contribution >= 0.6 is 0 Å². The molecule has 2 heterocycles. The number of halogens is 1. The summed E-state index contributed by atoms with van der Waals surface area (Å²) in [7, 11) is 0. The minimum absolute atomic E-state index is 0.148. The van der Waals surface area contributed by atoms with Gasteiger partial charge in [-0.15, -0.1) is 0 Å². The third kappa shape index (κ3) is 3.71. The van der Waals surface area contributed by atoms with Crippen LogP contribution in [0.5, 0.6) is 0 Å². The molecule has 0 spiro atoms. The highest BCUT2D eigenvalue weighted by Crippen LogP contribution is 2.36. The summed E-state index contributed by atoms with van der Waals surface area (Å²) in [6.45, 7) is 6.91. The Morgan fingerprint density at radius 1 is 1.12 bits per heavy atom. The van der Waals surface area contributed by atoms with Crippen molar-refractivity contribution in [1.82, 2.24) is 14.7 Å². The Balaban J connectivity index is 1.32. The van der Waals surface area contributed by atoms with Gasteiger partial charge in [0.1, 0.15) is 5.82 Å². The van der Waals surface area contributed by atoms with E-state index in [0.29, 0.717) is 12.6 Å². The van der Waals surface area contributed by atoms with Crippen LogP contribution in [0.15, 0.2) is 18.2 Å². The molecule has 1 aliphatic carbocycles. The number of amides is 1. The average Bonchev–Trinajstić information content (AvgIpc) is 3.05. The van der Waals surface area contributed by atoms with Crippen LogP contribution < -0.4 is 0 Å². The molecule has 6 heteroatoms. The van der Waals surface area contributed by atoms with Crippen LogP contribution in [0.2, 0.25) is 0 Å². The second-order valence-corrected chi connectivity index (χ2v) is 7.20. The quantitative estimate of drug-likeness (QED) is 0.826. The number of carbonyl (C=O) groups excluding carboxylic acids is 1. The van der Waals surface area contributed by atoms with Gasteiger partial charge >= 0.3 is 0 Å². The van der Waals surface area contributed by atoms with Crippen molar-refractivity contribution in [2.24, 2.45) is 0 Å². The van der Waals surface area contributed by atoms with Crippen LogP contribution in [0, 0.1) is 5.82 Å². The Kier molecular flexibility index (Phi) is 5.01. The van der Waals surface area contributed by atoms with E-state index >= 15 is 0 Å². The molecule has 1 atom stereocenters. The molecule has 136 valence electrons. The Morgan fingerprint density at radius 2 is 1.88 bits per heavy atom. The molecular formula is C19H26FN3O2. The summed E-state index contributed by atoms with van der Waals surface area (Å²) in [5.41, 5.74) is 2.42. The lowest BCUT2D eigenvalue weighted by molar-refractivity contribution is -0.135. The number of nitrogens with zero attached hydrogens (tertiary/aromatic N) is 3. The minimum atomic E-state index is -0.148. The molecule has 0 N–H and O–H groups in total. The second kappa shape index (κ2) is 7.40. The summed E-state index contributed by atoms with van der Waals surface area (Å²) in [5.74, 6) is 0.0735. The van der Waals surface area contributed by atoms with Gasteiger partial charge in [-0.2, -0.15) is 0 Å². The zero-order valence-corrected chi connectivity index (χ0v) is 14.6. The Labute approximate surface area is 148 Å². The predicted octanol–water partition coefficient (Wildman–Crippen LogP) is 1.29. The van der Waals surface area contributed by atoms with Crippen LogP contribution in [0.4, 0.5) is 4.39 Å². The van der Waals surface area contributed by atoms with Crippen LogP contribution in [-0.2, 0) is 16.0 Å². The van der Waals surface area contributed by atoms with Gasteiger partial charge in [-0.05, 0) is 36.1 Å². The highest BCUT2D eigenvalue weighted by Gasteiger charge is 2.31. The van der Waals surface area contributed by atoms with Gasteiger partial charge in [-0.1, -0.05) is 6.07 Å². The fourth-order valence-corrected chi connectivity index (χ4v) is 4.26. The van der Waals surface area contributed by atoms with E-state index in [0.717, 1.165) is 70.9 Å². The summed E-state index contributed by atoms with van der Waals surface area (Å²) in [6.07, 6.45) is 2.08. The molecule has 2 aliphatic heterocycles. The number of aryl methyl sites for hydroxylation is 1. The molecule has 0 bridgehead atoms. The van der Waals surface area contributed by atoms with Crippen molar-refractivity contribution in [2.75, 3.05) is 59.0 Å². The van der Waals surface area contributed by atoms with E-state index in [1.807, 2.05) is 11.0 Å². The maximum absolute atomic E-state index is 13.6. The Morgan fingerprint density at radius 3 is 2.64 bits per heavy atom. The van der Waals surface area contributed by atoms with Crippen molar-refractivity contribution < 1.29 is 13.9 Å². The second-order valence-electron chi connectivity index (χ2n) is 7.20. The zero-order chi connectivity index (χ0) is 17.2. The topological polar surface area (TPSA) is 36.0 Å². The first-order valence-corrected chi connectivity index (χ1v) is 9.31. The highest BCUT2D eigenvalue weighted by atomic mass is 19.1. The third-order valence-electron chi connectivity index (χ3n) is 5.72. The number of hydrogen-bond donors (Lipinski definition) is 0. The van der Waals surface area contributed by atoms with Gasteiger partial charge in [-0.3, -0.25) is 14.6 Å². The van der Waals surface area contributed by atoms with E-state index in [9.17, 15) is 9.18 Å². The Hall–Kier alpha value is -1.50. The molecule has 2 fully saturated rings. The lowest BCUT2D eigenvalue weighted by Gasteiger charge is -2.39. The van der Waals surface area contributed by atoms with E-state index in [4.69, 9.17) is 4.74 Å². The first-order chi connectivity index (χ1) is 12.2. The summed E-state index contributed by atoms with van der Waals surface area (Å²) in [6, 6.07) is 5.49. The molecule has 1 aromatic carbocycles. The lowest BCUT2D eigenvalue weighted by atomic mass is 10.1. The van der Waals surface area contributed by atoms with E-state index in [1.165, 1.54) is 5.56 Å². The molecule has 0 aromatic heterocycles. The summed E-state index contributed by atoms with van der Waals surface area (Å²) < 4.78 is 18.9. The van der Waals surface area contributed by atoms with Crippen molar-refractivity contribution in [3.8, 4) is 0 Å². The van der Waals surface area contributed by atoms with Crippen LogP contribution in [0.25, 0.3) is 0 Å². The average molecular weight is 347 g/mol. The van der Waals surface area contributed by atoms with Crippen LogP contribution in [-0.4, -0.2) is 79.6 Å². The first-order valence-electron chi connectivity index (χ1n) is 9.31. The van der Waals surface area contributed by atoms with Crippen LogP contribution in [0.1, 0.15) is 23.6 Å². The molecule has 0 unspecified atom stereocenters. The number of benzene rings is 1. The van der Waals surface area contributed by atoms with Crippen molar-refractivity contribution in [2.45, 2.75) is 18.9 Å². The lowest BCUT2D eigenvalue weighted by Crippen LogP contribution is -2.52. The van der Waals surface area contributed by atoms with E-state index in [-0.39, 0.29) is 11.7 Å². The minimum Gasteiger partial charge on any atom is -0.379 e.